The third-order valence-corrected chi connectivity index (χ3v) is 3.51. The number of hydrogen-bond donors (Lipinski definition) is 1. The molecule has 1 aromatic carbocycles. The quantitative estimate of drug-likeness (QED) is 0.820. The SMILES string of the molecule is OCCc1ccccc1SC1COC1. The molecule has 3 heteroatoms. The predicted molar refractivity (Wildman–Crippen MR) is 57.7 cm³/mol. The molecule has 1 aliphatic heterocycles. The molecule has 0 saturated carbocycles. The van der Waals surface area contributed by atoms with Gasteiger partial charge in [0.25, 0.3) is 0 Å². The average Bonchev–Trinajstić information content (AvgIpc) is 2.14. The highest BCUT2D eigenvalue weighted by molar-refractivity contribution is 8.00. The zero-order valence-corrected chi connectivity index (χ0v) is 8.80. The van der Waals surface area contributed by atoms with Gasteiger partial charge in [-0.15, -0.1) is 11.8 Å². The van der Waals surface area contributed by atoms with Crippen molar-refractivity contribution in [1.29, 1.82) is 0 Å². The summed E-state index contributed by atoms with van der Waals surface area (Å²) in [5, 5.41) is 9.52. The second-order valence-electron chi connectivity index (χ2n) is 3.36. The molecule has 0 amide bonds. The summed E-state index contributed by atoms with van der Waals surface area (Å²) in [6.45, 7) is 1.94. The number of aliphatic hydroxyl groups excluding tert-OH is 1. The Kier molecular flexibility index (Phi) is 3.45. The lowest BCUT2D eigenvalue weighted by molar-refractivity contribution is 0.0455. The molecular weight excluding hydrogens is 196 g/mol. The van der Waals surface area contributed by atoms with Gasteiger partial charge in [0.1, 0.15) is 0 Å². The molecule has 1 aromatic rings. The molecule has 0 aliphatic carbocycles. The molecule has 14 heavy (non-hydrogen) atoms. The van der Waals surface area contributed by atoms with Crippen LogP contribution in [0.2, 0.25) is 0 Å². The average molecular weight is 210 g/mol. The molecule has 1 heterocycles. The minimum Gasteiger partial charge on any atom is -0.396 e. The standard InChI is InChI=1S/C11H14O2S/c12-6-5-9-3-1-2-4-11(9)14-10-7-13-8-10/h1-4,10,12H,5-8H2. The number of aliphatic hydroxyl groups is 1. The van der Waals surface area contributed by atoms with Crippen LogP contribution in [-0.4, -0.2) is 30.2 Å². The summed E-state index contributed by atoms with van der Waals surface area (Å²) in [5.74, 6) is 0. The van der Waals surface area contributed by atoms with Crippen molar-refractivity contribution in [3.05, 3.63) is 29.8 Å². The maximum atomic E-state index is 8.92. The molecule has 0 radical (unpaired) electrons. The lowest BCUT2D eigenvalue weighted by atomic mass is 10.2. The third kappa shape index (κ3) is 2.29. The highest BCUT2D eigenvalue weighted by Crippen LogP contribution is 2.30. The van der Waals surface area contributed by atoms with Crippen molar-refractivity contribution in [2.24, 2.45) is 0 Å². The van der Waals surface area contributed by atoms with Crippen LogP contribution >= 0.6 is 11.8 Å². The van der Waals surface area contributed by atoms with E-state index in [2.05, 4.69) is 12.1 Å². The van der Waals surface area contributed by atoms with E-state index in [0.717, 1.165) is 19.6 Å². The van der Waals surface area contributed by atoms with E-state index in [0.29, 0.717) is 5.25 Å². The monoisotopic (exact) mass is 210 g/mol. The van der Waals surface area contributed by atoms with Crippen molar-refractivity contribution in [1.82, 2.24) is 0 Å². The van der Waals surface area contributed by atoms with Crippen molar-refractivity contribution in [3.8, 4) is 0 Å². The number of rotatable bonds is 4. The summed E-state index contributed by atoms with van der Waals surface area (Å²) >= 11 is 1.86. The van der Waals surface area contributed by atoms with Gasteiger partial charge in [0.2, 0.25) is 0 Å². The normalized spacial score (nSPS) is 16.6. The largest absolute Gasteiger partial charge is 0.396 e. The first-order valence-corrected chi connectivity index (χ1v) is 5.71. The fourth-order valence-corrected chi connectivity index (χ4v) is 2.57. The van der Waals surface area contributed by atoms with E-state index < -0.39 is 0 Å². The van der Waals surface area contributed by atoms with E-state index in [1.165, 1.54) is 10.5 Å². The fraction of sp³-hybridized carbons (Fsp3) is 0.455. The molecule has 0 unspecified atom stereocenters. The lowest BCUT2D eigenvalue weighted by Crippen LogP contribution is -2.30. The van der Waals surface area contributed by atoms with Crippen LogP contribution in [0.1, 0.15) is 5.56 Å². The minimum absolute atomic E-state index is 0.221. The van der Waals surface area contributed by atoms with Crippen LogP contribution in [0.3, 0.4) is 0 Å². The van der Waals surface area contributed by atoms with Crippen LogP contribution in [0, 0.1) is 0 Å². The topological polar surface area (TPSA) is 29.5 Å². The predicted octanol–water partition coefficient (Wildman–Crippen LogP) is 1.71. The summed E-state index contributed by atoms with van der Waals surface area (Å²) in [5.41, 5.74) is 1.24. The van der Waals surface area contributed by atoms with Crippen LogP contribution < -0.4 is 0 Å². The van der Waals surface area contributed by atoms with Gasteiger partial charge in [-0.3, -0.25) is 0 Å². The summed E-state index contributed by atoms with van der Waals surface area (Å²) in [6, 6.07) is 8.26. The molecule has 1 N–H and O–H groups in total. The molecular formula is C11H14O2S. The van der Waals surface area contributed by atoms with Gasteiger partial charge in [0.05, 0.1) is 18.5 Å². The molecule has 1 saturated heterocycles. The molecule has 0 spiro atoms. The van der Waals surface area contributed by atoms with Crippen molar-refractivity contribution in [2.75, 3.05) is 19.8 Å². The Bertz CT molecular complexity index is 297. The summed E-state index contributed by atoms with van der Waals surface area (Å²) in [4.78, 5) is 1.29. The van der Waals surface area contributed by atoms with Crippen LogP contribution in [0.4, 0.5) is 0 Å². The first kappa shape index (κ1) is 10.0. The Morgan fingerprint density at radius 3 is 2.79 bits per heavy atom. The lowest BCUT2D eigenvalue weighted by Gasteiger charge is -2.26. The van der Waals surface area contributed by atoms with E-state index in [1.807, 2.05) is 23.9 Å². The van der Waals surface area contributed by atoms with Crippen LogP contribution in [-0.2, 0) is 11.2 Å². The maximum Gasteiger partial charge on any atom is 0.0611 e. The Balaban J connectivity index is 2.05. The fourth-order valence-electron chi connectivity index (χ4n) is 1.41. The molecule has 0 aromatic heterocycles. The first-order valence-electron chi connectivity index (χ1n) is 4.83. The van der Waals surface area contributed by atoms with Crippen molar-refractivity contribution < 1.29 is 9.84 Å². The Morgan fingerprint density at radius 2 is 2.14 bits per heavy atom. The van der Waals surface area contributed by atoms with Gasteiger partial charge >= 0.3 is 0 Å². The number of ether oxygens (including phenoxy) is 1. The van der Waals surface area contributed by atoms with Gasteiger partial charge in [0.15, 0.2) is 0 Å². The van der Waals surface area contributed by atoms with Crippen LogP contribution in [0.25, 0.3) is 0 Å². The van der Waals surface area contributed by atoms with Gasteiger partial charge in [-0.1, -0.05) is 18.2 Å². The summed E-state index contributed by atoms with van der Waals surface area (Å²) in [7, 11) is 0. The second kappa shape index (κ2) is 4.82. The van der Waals surface area contributed by atoms with Gasteiger partial charge in [-0.05, 0) is 18.1 Å². The van der Waals surface area contributed by atoms with Gasteiger partial charge in [-0.25, -0.2) is 0 Å². The molecule has 0 atom stereocenters. The second-order valence-corrected chi connectivity index (χ2v) is 4.70. The van der Waals surface area contributed by atoms with Gasteiger partial charge < -0.3 is 9.84 Å². The maximum absolute atomic E-state index is 8.92. The van der Waals surface area contributed by atoms with E-state index >= 15 is 0 Å². The summed E-state index contributed by atoms with van der Waals surface area (Å²) < 4.78 is 5.14. The molecule has 1 fully saturated rings. The van der Waals surface area contributed by atoms with Crippen LogP contribution in [0.15, 0.2) is 29.2 Å². The molecule has 0 bridgehead atoms. The van der Waals surface area contributed by atoms with Crippen LogP contribution in [0.5, 0.6) is 0 Å². The molecule has 2 nitrogen and oxygen atoms in total. The van der Waals surface area contributed by atoms with E-state index in [1.54, 1.807) is 0 Å². The Hall–Kier alpha value is -0.510. The summed E-state index contributed by atoms with van der Waals surface area (Å²) in [6.07, 6.45) is 0.747. The highest BCUT2D eigenvalue weighted by atomic mass is 32.2. The van der Waals surface area contributed by atoms with Gasteiger partial charge in [0, 0.05) is 11.5 Å². The molecule has 76 valence electrons. The zero-order valence-electron chi connectivity index (χ0n) is 7.98. The molecule has 2 rings (SSSR count). The van der Waals surface area contributed by atoms with E-state index in [-0.39, 0.29) is 6.61 Å². The van der Waals surface area contributed by atoms with E-state index in [4.69, 9.17) is 9.84 Å². The van der Waals surface area contributed by atoms with Gasteiger partial charge in [-0.2, -0.15) is 0 Å². The Morgan fingerprint density at radius 1 is 1.36 bits per heavy atom. The third-order valence-electron chi connectivity index (χ3n) is 2.25. The number of thioether (sulfide) groups is 1. The smallest absolute Gasteiger partial charge is 0.0611 e. The Labute approximate surface area is 88.3 Å². The van der Waals surface area contributed by atoms with Crippen molar-refractivity contribution >= 4 is 11.8 Å². The van der Waals surface area contributed by atoms with Crippen molar-refractivity contribution in [3.63, 3.8) is 0 Å². The highest BCUT2D eigenvalue weighted by Gasteiger charge is 2.20. The van der Waals surface area contributed by atoms with E-state index in [9.17, 15) is 0 Å². The molecule has 1 aliphatic rings. The first-order chi connectivity index (χ1) is 6.90. The zero-order chi connectivity index (χ0) is 9.80. The number of hydrogen-bond acceptors (Lipinski definition) is 3. The number of benzene rings is 1. The van der Waals surface area contributed by atoms with Crippen molar-refractivity contribution in [2.45, 2.75) is 16.6 Å². The minimum atomic E-state index is 0.221.